The maximum Gasteiger partial charge on any atom is 0.235 e. The number of aliphatic imine (C=N–C) groups is 1. The highest BCUT2D eigenvalue weighted by molar-refractivity contribution is 7.89. The predicted octanol–water partition coefficient (Wildman–Crippen LogP) is 0.917. The SMILES string of the molecule is CCCCS(=O)(=O)N1CCC(N=C=O)CC1. The van der Waals surface area contributed by atoms with Crippen molar-refractivity contribution >= 4 is 16.1 Å². The van der Waals surface area contributed by atoms with Gasteiger partial charge in [-0.2, -0.15) is 0 Å². The molecule has 1 aliphatic heterocycles. The smallest absolute Gasteiger partial charge is 0.212 e. The quantitative estimate of drug-likeness (QED) is 0.535. The molecule has 1 aliphatic rings. The first-order valence-corrected chi connectivity index (χ1v) is 7.26. The Kier molecular flexibility index (Phi) is 5.12. The van der Waals surface area contributed by atoms with Gasteiger partial charge in [-0.25, -0.2) is 22.5 Å². The summed E-state index contributed by atoms with van der Waals surface area (Å²) in [4.78, 5) is 13.7. The summed E-state index contributed by atoms with van der Waals surface area (Å²) in [5, 5.41) is 0. The second-order valence-electron chi connectivity index (χ2n) is 4.02. The molecule has 1 heterocycles. The second kappa shape index (κ2) is 6.13. The van der Waals surface area contributed by atoms with Gasteiger partial charge in [-0.05, 0) is 19.3 Å². The molecule has 0 saturated carbocycles. The number of rotatable bonds is 5. The van der Waals surface area contributed by atoms with E-state index in [9.17, 15) is 13.2 Å². The number of hydrogen-bond acceptors (Lipinski definition) is 4. The van der Waals surface area contributed by atoms with E-state index in [1.807, 2.05) is 6.92 Å². The van der Waals surface area contributed by atoms with E-state index in [1.165, 1.54) is 10.4 Å². The molecule has 5 nitrogen and oxygen atoms in total. The standard InChI is InChI=1S/C10H18N2O3S/c1-2-3-8-16(14,15)12-6-4-10(5-7-12)11-9-13/h10H,2-8H2,1H3. The lowest BCUT2D eigenvalue weighted by molar-refractivity contribution is 0.320. The normalized spacial score (nSPS) is 19.3. The van der Waals surface area contributed by atoms with Crippen LogP contribution in [-0.2, 0) is 14.8 Å². The maximum absolute atomic E-state index is 11.8. The van der Waals surface area contributed by atoms with Crippen LogP contribution >= 0.6 is 0 Å². The highest BCUT2D eigenvalue weighted by Gasteiger charge is 2.27. The van der Waals surface area contributed by atoms with E-state index in [2.05, 4.69) is 4.99 Å². The summed E-state index contributed by atoms with van der Waals surface area (Å²) >= 11 is 0. The topological polar surface area (TPSA) is 66.8 Å². The second-order valence-corrected chi connectivity index (χ2v) is 6.11. The van der Waals surface area contributed by atoms with E-state index >= 15 is 0 Å². The van der Waals surface area contributed by atoms with Gasteiger partial charge in [0.05, 0.1) is 11.8 Å². The molecule has 0 unspecified atom stereocenters. The van der Waals surface area contributed by atoms with Crippen LogP contribution in [0.15, 0.2) is 4.99 Å². The zero-order chi connectivity index (χ0) is 12.0. The van der Waals surface area contributed by atoms with Gasteiger partial charge >= 0.3 is 0 Å². The molecule has 0 aliphatic carbocycles. The lowest BCUT2D eigenvalue weighted by Gasteiger charge is -2.28. The predicted molar refractivity (Wildman–Crippen MR) is 61.4 cm³/mol. The lowest BCUT2D eigenvalue weighted by atomic mass is 10.1. The van der Waals surface area contributed by atoms with Crippen LogP contribution in [0.25, 0.3) is 0 Å². The zero-order valence-corrected chi connectivity index (χ0v) is 10.4. The molecule has 0 atom stereocenters. The van der Waals surface area contributed by atoms with Crippen LogP contribution in [0.5, 0.6) is 0 Å². The number of piperidine rings is 1. The van der Waals surface area contributed by atoms with Gasteiger partial charge in [0, 0.05) is 13.1 Å². The Bertz CT molecular complexity index is 352. The molecule has 1 saturated heterocycles. The molecule has 0 aromatic carbocycles. The van der Waals surface area contributed by atoms with Crippen LogP contribution in [0.1, 0.15) is 32.6 Å². The van der Waals surface area contributed by atoms with Crippen LogP contribution in [-0.4, -0.2) is 43.7 Å². The Hall–Kier alpha value is -0.710. The maximum atomic E-state index is 11.8. The van der Waals surface area contributed by atoms with E-state index in [4.69, 9.17) is 0 Å². The molecule has 0 bridgehead atoms. The Morgan fingerprint density at radius 1 is 1.38 bits per heavy atom. The van der Waals surface area contributed by atoms with E-state index in [1.54, 1.807) is 0 Å². The summed E-state index contributed by atoms with van der Waals surface area (Å²) in [6.07, 6.45) is 4.37. The fourth-order valence-electron chi connectivity index (χ4n) is 1.78. The number of carbonyl (C=O) groups excluding carboxylic acids is 1. The summed E-state index contributed by atoms with van der Waals surface area (Å²) in [5.41, 5.74) is 0. The highest BCUT2D eigenvalue weighted by atomic mass is 32.2. The van der Waals surface area contributed by atoms with Crippen LogP contribution in [0.2, 0.25) is 0 Å². The van der Waals surface area contributed by atoms with Crippen molar-refractivity contribution in [2.45, 2.75) is 38.6 Å². The van der Waals surface area contributed by atoms with E-state index in [0.29, 0.717) is 32.4 Å². The van der Waals surface area contributed by atoms with Crippen molar-refractivity contribution < 1.29 is 13.2 Å². The third-order valence-corrected chi connectivity index (χ3v) is 4.76. The summed E-state index contributed by atoms with van der Waals surface area (Å²) in [6, 6.07) is -0.0462. The molecule has 0 amide bonds. The fraction of sp³-hybridized carbons (Fsp3) is 0.900. The minimum absolute atomic E-state index is 0.0462. The summed E-state index contributed by atoms with van der Waals surface area (Å²) in [6.45, 7) is 2.92. The summed E-state index contributed by atoms with van der Waals surface area (Å²) in [5.74, 6) is 0.227. The average molecular weight is 246 g/mol. The number of nitrogens with zero attached hydrogens (tertiary/aromatic N) is 2. The molecule has 1 fully saturated rings. The monoisotopic (exact) mass is 246 g/mol. The van der Waals surface area contributed by atoms with Crippen molar-refractivity contribution in [2.75, 3.05) is 18.8 Å². The highest BCUT2D eigenvalue weighted by Crippen LogP contribution is 2.17. The van der Waals surface area contributed by atoms with Crippen molar-refractivity contribution in [1.29, 1.82) is 0 Å². The third-order valence-electron chi connectivity index (χ3n) is 2.81. The molecule has 0 N–H and O–H groups in total. The van der Waals surface area contributed by atoms with E-state index < -0.39 is 10.0 Å². The molecule has 16 heavy (non-hydrogen) atoms. The van der Waals surface area contributed by atoms with Gasteiger partial charge < -0.3 is 0 Å². The van der Waals surface area contributed by atoms with Gasteiger partial charge in [-0.1, -0.05) is 13.3 Å². The van der Waals surface area contributed by atoms with Crippen molar-refractivity contribution in [3.05, 3.63) is 0 Å². The van der Waals surface area contributed by atoms with Gasteiger partial charge in [0.2, 0.25) is 16.1 Å². The van der Waals surface area contributed by atoms with Gasteiger partial charge in [0.15, 0.2) is 0 Å². The molecular formula is C10H18N2O3S. The number of unbranched alkanes of at least 4 members (excludes halogenated alkanes) is 1. The first-order chi connectivity index (χ1) is 7.60. The van der Waals surface area contributed by atoms with Crippen molar-refractivity contribution in [3.8, 4) is 0 Å². The Morgan fingerprint density at radius 2 is 2.00 bits per heavy atom. The summed E-state index contributed by atoms with van der Waals surface area (Å²) in [7, 11) is -3.09. The van der Waals surface area contributed by atoms with E-state index in [-0.39, 0.29) is 11.8 Å². The third kappa shape index (κ3) is 3.70. The first kappa shape index (κ1) is 13.4. The van der Waals surface area contributed by atoms with Crippen molar-refractivity contribution in [2.24, 2.45) is 4.99 Å². The van der Waals surface area contributed by atoms with Crippen molar-refractivity contribution in [3.63, 3.8) is 0 Å². The number of hydrogen-bond donors (Lipinski definition) is 0. The molecule has 92 valence electrons. The summed E-state index contributed by atoms with van der Waals surface area (Å²) < 4.78 is 25.2. The van der Waals surface area contributed by atoms with Gasteiger partial charge in [0.25, 0.3) is 0 Å². The lowest BCUT2D eigenvalue weighted by Crippen LogP contribution is -2.40. The Morgan fingerprint density at radius 3 is 2.50 bits per heavy atom. The van der Waals surface area contributed by atoms with Crippen molar-refractivity contribution in [1.82, 2.24) is 4.31 Å². The minimum Gasteiger partial charge on any atom is -0.212 e. The van der Waals surface area contributed by atoms with Crippen LogP contribution < -0.4 is 0 Å². The van der Waals surface area contributed by atoms with Gasteiger partial charge in [0.1, 0.15) is 0 Å². The number of sulfonamides is 1. The molecule has 0 aromatic heterocycles. The van der Waals surface area contributed by atoms with Crippen LogP contribution in [0, 0.1) is 0 Å². The minimum atomic E-state index is -3.09. The first-order valence-electron chi connectivity index (χ1n) is 5.65. The van der Waals surface area contributed by atoms with E-state index in [0.717, 1.165) is 6.42 Å². The fourth-order valence-corrected chi connectivity index (χ4v) is 3.46. The van der Waals surface area contributed by atoms with Crippen LogP contribution in [0.4, 0.5) is 0 Å². The van der Waals surface area contributed by atoms with Crippen LogP contribution in [0.3, 0.4) is 0 Å². The molecule has 0 radical (unpaired) electrons. The van der Waals surface area contributed by atoms with Gasteiger partial charge in [-0.3, -0.25) is 0 Å². The zero-order valence-electron chi connectivity index (χ0n) is 9.55. The molecule has 6 heteroatoms. The molecule has 1 rings (SSSR count). The Balaban J connectivity index is 2.49. The molecular weight excluding hydrogens is 228 g/mol. The Labute approximate surface area is 96.6 Å². The molecule has 0 spiro atoms. The van der Waals surface area contributed by atoms with Gasteiger partial charge in [-0.15, -0.1) is 0 Å². The average Bonchev–Trinajstić information content (AvgIpc) is 2.28. The number of isocyanates is 1. The largest absolute Gasteiger partial charge is 0.235 e. The molecule has 0 aromatic rings.